The number of thiocarbonyl (C=S) groups is 1. The van der Waals surface area contributed by atoms with Crippen molar-refractivity contribution in [1.29, 1.82) is 0 Å². The molecule has 7 heteroatoms. The Morgan fingerprint density at radius 2 is 1.95 bits per heavy atom. The molecular weight excluding hydrogens is 283 g/mol. The van der Waals surface area contributed by atoms with Crippen molar-refractivity contribution >= 4 is 24.4 Å². The summed E-state index contributed by atoms with van der Waals surface area (Å²) in [6, 6.07) is 1.61. The summed E-state index contributed by atoms with van der Waals surface area (Å²) in [6.45, 7) is 9.33. The maximum atomic E-state index is 12.3. The SMILES string of the molecule is COP(=O)(Oc1cc(C)nc(C(C)(C)C)n1)C(C)=S. The molecule has 0 N–H and O–H groups in total. The summed E-state index contributed by atoms with van der Waals surface area (Å²) in [5.41, 5.74) is 0.507. The van der Waals surface area contributed by atoms with Gasteiger partial charge in [-0.25, -0.2) is 9.55 Å². The van der Waals surface area contributed by atoms with Crippen molar-refractivity contribution in [1.82, 2.24) is 9.97 Å². The summed E-state index contributed by atoms with van der Waals surface area (Å²) in [6.07, 6.45) is 0. The summed E-state index contributed by atoms with van der Waals surface area (Å²) < 4.78 is 22.7. The first-order valence-electron chi connectivity index (χ1n) is 5.81. The Hall–Kier alpha value is -0.840. The summed E-state index contributed by atoms with van der Waals surface area (Å²) in [5.74, 6) is 0.832. The zero-order chi connectivity index (χ0) is 14.8. The highest BCUT2D eigenvalue weighted by atomic mass is 32.1. The molecule has 1 unspecified atom stereocenters. The standard InChI is InChI=1S/C12H19N2O3PS/c1-8-7-10(14-11(13-8)12(3,4)5)17-18(15,16-6)9(2)19/h7H,1-6H3. The molecule has 106 valence electrons. The summed E-state index contributed by atoms with van der Waals surface area (Å²) >= 11 is 4.91. The number of aromatic nitrogens is 2. The van der Waals surface area contributed by atoms with Crippen LogP contribution >= 0.6 is 19.8 Å². The van der Waals surface area contributed by atoms with Crippen LogP contribution in [0.3, 0.4) is 0 Å². The third-order valence-corrected chi connectivity index (χ3v) is 4.69. The van der Waals surface area contributed by atoms with Gasteiger partial charge >= 0.3 is 7.60 Å². The van der Waals surface area contributed by atoms with Gasteiger partial charge in [0.1, 0.15) is 10.4 Å². The van der Waals surface area contributed by atoms with E-state index >= 15 is 0 Å². The van der Waals surface area contributed by atoms with Gasteiger partial charge < -0.3 is 4.52 Å². The van der Waals surface area contributed by atoms with Crippen LogP contribution in [0, 0.1) is 6.92 Å². The van der Waals surface area contributed by atoms with Crippen LogP contribution in [0.5, 0.6) is 5.88 Å². The normalized spacial score (nSPS) is 14.8. The molecule has 1 heterocycles. The van der Waals surface area contributed by atoms with Crippen molar-refractivity contribution in [3.05, 3.63) is 17.6 Å². The van der Waals surface area contributed by atoms with E-state index in [1.165, 1.54) is 14.0 Å². The fourth-order valence-corrected chi connectivity index (χ4v) is 2.41. The van der Waals surface area contributed by atoms with Gasteiger partial charge in [-0.15, -0.1) is 0 Å². The minimum Gasteiger partial charge on any atom is -0.402 e. The molecule has 1 atom stereocenters. The Morgan fingerprint density at radius 3 is 2.37 bits per heavy atom. The quantitative estimate of drug-likeness (QED) is 0.625. The van der Waals surface area contributed by atoms with Gasteiger partial charge in [-0.2, -0.15) is 4.98 Å². The summed E-state index contributed by atoms with van der Waals surface area (Å²) in [7, 11) is -2.14. The fraction of sp³-hybridized carbons (Fsp3) is 0.583. The molecule has 1 aromatic heterocycles. The molecule has 1 aromatic rings. The molecule has 0 fully saturated rings. The van der Waals surface area contributed by atoms with Crippen LogP contribution in [-0.2, 0) is 14.5 Å². The van der Waals surface area contributed by atoms with Gasteiger partial charge in [0.05, 0.1) is 0 Å². The lowest BCUT2D eigenvalue weighted by molar-refractivity contribution is 0.332. The van der Waals surface area contributed by atoms with Crippen LogP contribution in [0.1, 0.15) is 39.2 Å². The molecule has 0 amide bonds. The van der Waals surface area contributed by atoms with Gasteiger partial charge in [0.25, 0.3) is 0 Å². The van der Waals surface area contributed by atoms with Crippen LogP contribution in [0.15, 0.2) is 6.07 Å². The zero-order valence-electron chi connectivity index (χ0n) is 12.1. The molecule has 0 radical (unpaired) electrons. The molecule has 0 saturated heterocycles. The lowest BCUT2D eigenvalue weighted by atomic mass is 9.96. The second-order valence-electron chi connectivity index (χ2n) is 5.21. The maximum Gasteiger partial charge on any atom is 0.418 e. The van der Waals surface area contributed by atoms with E-state index in [1.54, 1.807) is 6.07 Å². The number of aryl methyl sites for hydroxylation is 1. The Bertz CT molecular complexity index is 540. The number of hydrogen-bond acceptors (Lipinski definition) is 6. The summed E-state index contributed by atoms with van der Waals surface area (Å²) in [5, 5.41) is 0. The highest BCUT2D eigenvalue weighted by molar-refractivity contribution is 7.97. The average Bonchev–Trinajstić information content (AvgIpc) is 2.26. The van der Waals surface area contributed by atoms with Crippen molar-refractivity contribution in [2.45, 2.75) is 40.0 Å². The molecule has 0 aliphatic carbocycles. The smallest absolute Gasteiger partial charge is 0.402 e. The number of rotatable bonds is 4. The Balaban J connectivity index is 3.19. The minimum absolute atomic E-state index is 0.170. The van der Waals surface area contributed by atoms with E-state index < -0.39 is 7.60 Å². The molecule has 1 rings (SSSR count). The van der Waals surface area contributed by atoms with Crippen LogP contribution in [0.4, 0.5) is 0 Å². The van der Waals surface area contributed by atoms with E-state index in [9.17, 15) is 4.57 Å². The maximum absolute atomic E-state index is 12.3. The molecule has 19 heavy (non-hydrogen) atoms. The number of nitrogens with zero attached hydrogens (tertiary/aromatic N) is 2. The van der Waals surface area contributed by atoms with Crippen molar-refractivity contribution in [2.24, 2.45) is 0 Å². The minimum atomic E-state index is -3.44. The van der Waals surface area contributed by atoms with Gasteiger partial charge in [-0.3, -0.25) is 4.52 Å². The Morgan fingerprint density at radius 1 is 1.37 bits per heavy atom. The van der Waals surface area contributed by atoms with Crippen LogP contribution < -0.4 is 4.52 Å². The Kier molecular flexibility index (Phi) is 4.82. The van der Waals surface area contributed by atoms with Gasteiger partial charge in [0.15, 0.2) is 0 Å². The van der Waals surface area contributed by atoms with Crippen molar-refractivity contribution in [3.63, 3.8) is 0 Å². The van der Waals surface area contributed by atoms with Gasteiger partial charge in [-0.1, -0.05) is 33.0 Å². The van der Waals surface area contributed by atoms with E-state index in [4.69, 9.17) is 21.3 Å². The summed E-state index contributed by atoms with van der Waals surface area (Å²) in [4.78, 5) is 8.63. The predicted octanol–water partition coefficient (Wildman–Crippen LogP) is 3.65. The third kappa shape index (κ3) is 4.06. The lowest BCUT2D eigenvalue weighted by Gasteiger charge is -2.20. The Labute approximate surface area is 119 Å². The molecule has 0 aliphatic heterocycles. The molecule has 0 bridgehead atoms. The van der Waals surface area contributed by atoms with Crippen LogP contribution in [-0.4, -0.2) is 21.7 Å². The van der Waals surface area contributed by atoms with E-state index in [2.05, 4.69) is 9.97 Å². The van der Waals surface area contributed by atoms with E-state index in [0.717, 1.165) is 5.69 Å². The number of hydrogen-bond donors (Lipinski definition) is 0. The monoisotopic (exact) mass is 302 g/mol. The highest BCUT2D eigenvalue weighted by Crippen LogP contribution is 2.48. The van der Waals surface area contributed by atoms with E-state index in [1.807, 2.05) is 27.7 Å². The predicted molar refractivity (Wildman–Crippen MR) is 79.0 cm³/mol. The molecular formula is C12H19N2O3PS. The first kappa shape index (κ1) is 16.2. The first-order valence-corrected chi connectivity index (χ1v) is 7.76. The molecule has 0 saturated carbocycles. The third-order valence-electron chi connectivity index (χ3n) is 2.34. The lowest BCUT2D eigenvalue weighted by Crippen LogP contribution is -2.17. The van der Waals surface area contributed by atoms with Crippen LogP contribution in [0.2, 0.25) is 0 Å². The second-order valence-corrected chi connectivity index (χ2v) is 8.34. The molecule has 0 aliphatic rings. The fourth-order valence-electron chi connectivity index (χ4n) is 1.28. The van der Waals surface area contributed by atoms with Crippen molar-refractivity contribution in [2.75, 3.05) is 7.11 Å². The van der Waals surface area contributed by atoms with Gasteiger partial charge in [0.2, 0.25) is 5.88 Å². The van der Waals surface area contributed by atoms with Crippen LogP contribution in [0.25, 0.3) is 0 Å². The largest absolute Gasteiger partial charge is 0.418 e. The van der Waals surface area contributed by atoms with Crippen molar-refractivity contribution in [3.8, 4) is 5.88 Å². The average molecular weight is 302 g/mol. The van der Waals surface area contributed by atoms with Gasteiger partial charge in [-0.05, 0) is 13.8 Å². The second kappa shape index (κ2) is 5.65. The zero-order valence-corrected chi connectivity index (χ0v) is 13.8. The van der Waals surface area contributed by atoms with E-state index in [-0.39, 0.29) is 15.9 Å². The molecule has 5 nitrogen and oxygen atoms in total. The van der Waals surface area contributed by atoms with E-state index in [0.29, 0.717) is 5.82 Å². The molecule has 0 spiro atoms. The van der Waals surface area contributed by atoms with Crippen molar-refractivity contribution < 1.29 is 13.6 Å². The topological polar surface area (TPSA) is 61.3 Å². The highest BCUT2D eigenvalue weighted by Gasteiger charge is 2.29. The first-order chi connectivity index (χ1) is 8.58. The molecule has 0 aromatic carbocycles. The van der Waals surface area contributed by atoms with Gasteiger partial charge in [0, 0.05) is 24.3 Å².